The predicted octanol–water partition coefficient (Wildman–Crippen LogP) is 2.96. The smallest absolute Gasteiger partial charge is 0.0906 e. The minimum Gasteiger partial charge on any atom is -0.385 e. The molecule has 1 heterocycles. The van der Waals surface area contributed by atoms with Gasteiger partial charge in [-0.2, -0.15) is 0 Å². The number of allylic oxidation sites excluding steroid dienone is 1. The summed E-state index contributed by atoms with van der Waals surface area (Å²) in [5.41, 5.74) is 1.42. The SMILES string of the molecule is C=C(CC(C)(C)C)N[C@H]1CCN(CCCF)C1. The molecule has 1 aliphatic rings. The summed E-state index contributed by atoms with van der Waals surface area (Å²) in [5, 5.41) is 3.51. The normalized spacial score (nSPS) is 21.8. The third-order valence-corrected chi connectivity index (χ3v) is 3.03. The summed E-state index contributed by atoms with van der Waals surface area (Å²) >= 11 is 0. The summed E-state index contributed by atoms with van der Waals surface area (Å²) in [6.45, 7) is 13.6. The van der Waals surface area contributed by atoms with E-state index in [2.05, 4.69) is 37.6 Å². The molecular formula is C14H27FN2. The molecule has 0 saturated carbocycles. The Morgan fingerprint density at radius 1 is 1.47 bits per heavy atom. The standard InChI is InChI=1S/C14H27FN2/c1-12(10-14(2,3)4)16-13-6-9-17(11-13)8-5-7-15/h13,16H,1,5-11H2,2-4H3/t13-/m0/s1. The van der Waals surface area contributed by atoms with Gasteiger partial charge in [-0.1, -0.05) is 27.4 Å². The maximum Gasteiger partial charge on any atom is 0.0906 e. The van der Waals surface area contributed by atoms with Gasteiger partial charge in [-0.15, -0.1) is 0 Å². The van der Waals surface area contributed by atoms with Crippen LogP contribution in [0.1, 0.15) is 40.0 Å². The molecule has 0 aliphatic carbocycles. The fourth-order valence-corrected chi connectivity index (χ4v) is 2.42. The highest BCUT2D eigenvalue weighted by Gasteiger charge is 2.23. The molecule has 1 aliphatic heterocycles. The van der Waals surface area contributed by atoms with E-state index in [1.54, 1.807) is 0 Å². The molecule has 100 valence electrons. The topological polar surface area (TPSA) is 15.3 Å². The number of nitrogens with zero attached hydrogens (tertiary/aromatic N) is 1. The van der Waals surface area contributed by atoms with Crippen LogP contribution in [0.3, 0.4) is 0 Å². The monoisotopic (exact) mass is 242 g/mol. The molecule has 17 heavy (non-hydrogen) atoms. The zero-order valence-electron chi connectivity index (χ0n) is 11.6. The lowest BCUT2D eigenvalue weighted by molar-refractivity contribution is 0.304. The predicted molar refractivity (Wildman–Crippen MR) is 71.8 cm³/mol. The van der Waals surface area contributed by atoms with Gasteiger partial charge >= 0.3 is 0 Å². The first-order chi connectivity index (χ1) is 7.90. The van der Waals surface area contributed by atoms with Gasteiger partial charge in [0.2, 0.25) is 0 Å². The maximum absolute atomic E-state index is 12.1. The summed E-state index contributed by atoms with van der Waals surface area (Å²) in [7, 11) is 0. The van der Waals surface area contributed by atoms with Crippen molar-refractivity contribution in [1.82, 2.24) is 10.2 Å². The van der Waals surface area contributed by atoms with E-state index in [1.807, 2.05) is 0 Å². The van der Waals surface area contributed by atoms with E-state index in [4.69, 9.17) is 0 Å². The molecule has 3 heteroatoms. The summed E-state index contributed by atoms with van der Waals surface area (Å²) < 4.78 is 12.1. The van der Waals surface area contributed by atoms with Gasteiger partial charge in [0.15, 0.2) is 0 Å². The Morgan fingerprint density at radius 3 is 2.76 bits per heavy atom. The average molecular weight is 242 g/mol. The summed E-state index contributed by atoms with van der Waals surface area (Å²) in [4.78, 5) is 2.33. The summed E-state index contributed by atoms with van der Waals surface area (Å²) in [5.74, 6) is 0. The fraction of sp³-hybridized carbons (Fsp3) is 0.857. The molecule has 0 aromatic rings. The van der Waals surface area contributed by atoms with Gasteiger partial charge in [0.05, 0.1) is 6.67 Å². The molecule has 1 saturated heterocycles. The minimum atomic E-state index is -0.203. The molecule has 1 fully saturated rings. The third-order valence-electron chi connectivity index (χ3n) is 3.03. The van der Waals surface area contributed by atoms with Crippen LogP contribution in [0.2, 0.25) is 0 Å². The van der Waals surface area contributed by atoms with Crippen LogP contribution in [-0.2, 0) is 0 Å². The molecule has 0 unspecified atom stereocenters. The lowest BCUT2D eigenvalue weighted by atomic mass is 9.90. The number of nitrogens with one attached hydrogen (secondary N) is 1. The highest BCUT2D eigenvalue weighted by molar-refractivity contribution is 4.99. The Kier molecular flexibility index (Phi) is 5.44. The maximum atomic E-state index is 12.1. The molecule has 0 amide bonds. The lowest BCUT2D eigenvalue weighted by Crippen LogP contribution is -2.33. The van der Waals surface area contributed by atoms with Crippen LogP contribution in [-0.4, -0.2) is 37.3 Å². The fourth-order valence-electron chi connectivity index (χ4n) is 2.42. The number of hydrogen-bond acceptors (Lipinski definition) is 2. The molecule has 0 aromatic heterocycles. The summed E-state index contributed by atoms with van der Waals surface area (Å²) in [6, 6.07) is 0.504. The van der Waals surface area contributed by atoms with E-state index < -0.39 is 0 Å². The van der Waals surface area contributed by atoms with E-state index in [0.29, 0.717) is 12.5 Å². The minimum absolute atomic E-state index is 0.203. The van der Waals surface area contributed by atoms with Crippen LogP contribution in [0.5, 0.6) is 0 Å². The molecule has 1 atom stereocenters. The molecule has 0 spiro atoms. The Labute approximate surface area is 105 Å². The van der Waals surface area contributed by atoms with Gasteiger partial charge in [0.25, 0.3) is 0 Å². The molecule has 0 radical (unpaired) electrons. The third kappa shape index (κ3) is 6.06. The van der Waals surface area contributed by atoms with Crippen molar-refractivity contribution in [3.05, 3.63) is 12.3 Å². The number of rotatable bonds is 6. The molecule has 1 rings (SSSR count). The number of alkyl halides is 1. The van der Waals surface area contributed by atoms with E-state index in [0.717, 1.165) is 38.2 Å². The van der Waals surface area contributed by atoms with E-state index in [1.165, 1.54) is 0 Å². The van der Waals surface area contributed by atoms with Crippen molar-refractivity contribution in [2.24, 2.45) is 5.41 Å². The van der Waals surface area contributed by atoms with Crippen molar-refractivity contribution in [1.29, 1.82) is 0 Å². The Balaban J connectivity index is 2.23. The number of hydrogen-bond donors (Lipinski definition) is 1. The van der Waals surface area contributed by atoms with Gasteiger partial charge in [-0.3, -0.25) is 4.39 Å². The highest BCUT2D eigenvalue weighted by atomic mass is 19.1. The summed E-state index contributed by atoms with van der Waals surface area (Å²) in [6.07, 6.45) is 2.82. The van der Waals surface area contributed by atoms with E-state index in [-0.39, 0.29) is 12.1 Å². The van der Waals surface area contributed by atoms with Crippen molar-refractivity contribution < 1.29 is 4.39 Å². The zero-order chi connectivity index (χ0) is 12.9. The average Bonchev–Trinajstić information content (AvgIpc) is 2.59. The van der Waals surface area contributed by atoms with Crippen molar-refractivity contribution in [2.45, 2.75) is 46.1 Å². The first-order valence-electron chi connectivity index (χ1n) is 6.63. The second-order valence-corrected chi connectivity index (χ2v) is 6.31. The number of likely N-dealkylation sites (tertiary alicyclic amines) is 1. The zero-order valence-corrected chi connectivity index (χ0v) is 11.6. The lowest BCUT2D eigenvalue weighted by Gasteiger charge is -2.23. The molecule has 2 nitrogen and oxygen atoms in total. The molecule has 0 aromatic carbocycles. The van der Waals surface area contributed by atoms with Gasteiger partial charge in [0, 0.05) is 31.4 Å². The van der Waals surface area contributed by atoms with Gasteiger partial charge in [0.1, 0.15) is 0 Å². The van der Waals surface area contributed by atoms with Gasteiger partial charge < -0.3 is 10.2 Å². The molecular weight excluding hydrogens is 215 g/mol. The quantitative estimate of drug-likeness (QED) is 0.770. The van der Waals surface area contributed by atoms with Crippen molar-refractivity contribution in [3.8, 4) is 0 Å². The van der Waals surface area contributed by atoms with Crippen molar-refractivity contribution in [2.75, 3.05) is 26.3 Å². The second kappa shape index (κ2) is 6.39. The van der Waals surface area contributed by atoms with Crippen molar-refractivity contribution in [3.63, 3.8) is 0 Å². The van der Waals surface area contributed by atoms with Crippen molar-refractivity contribution >= 4 is 0 Å². The van der Waals surface area contributed by atoms with Crippen LogP contribution >= 0.6 is 0 Å². The van der Waals surface area contributed by atoms with Crippen LogP contribution in [0, 0.1) is 5.41 Å². The molecule has 0 bridgehead atoms. The Bertz CT molecular complexity index is 245. The Morgan fingerprint density at radius 2 is 2.18 bits per heavy atom. The largest absolute Gasteiger partial charge is 0.385 e. The Hall–Kier alpha value is -0.570. The van der Waals surface area contributed by atoms with Crippen LogP contribution in [0.25, 0.3) is 0 Å². The second-order valence-electron chi connectivity index (χ2n) is 6.31. The number of halogens is 1. The molecule has 1 N–H and O–H groups in total. The van der Waals surface area contributed by atoms with Crippen LogP contribution in [0.4, 0.5) is 4.39 Å². The first-order valence-corrected chi connectivity index (χ1v) is 6.63. The highest BCUT2D eigenvalue weighted by Crippen LogP contribution is 2.22. The van der Waals surface area contributed by atoms with Crippen LogP contribution in [0.15, 0.2) is 12.3 Å². The van der Waals surface area contributed by atoms with Crippen LogP contribution < -0.4 is 5.32 Å². The van der Waals surface area contributed by atoms with Gasteiger partial charge in [-0.05, 0) is 24.7 Å². The van der Waals surface area contributed by atoms with E-state index in [9.17, 15) is 4.39 Å². The first kappa shape index (κ1) is 14.5. The van der Waals surface area contributed by atoms with Gasteiger partial charge in [-0.25, -0.2) is 0 Å². The van der Waals surface area contributed by atoms with E-state index >= 15 is 0 Å².